The monoisotopic (exact) mass is 284 g/mol. The molecule has 0 atom stereocenters. The molecule has 1 aromatic rings. The van der Waals surface area contributed by atoms with E-state index in [0.717, 1.165) is 37.1 Å². The number of carbonyl (C=O) groups is 1. The maximum atomic E-state index is 12.8. The number of carbonyl (C=O) groups excluding carboxylic acids is 1. The molecule has 0 saturated carbocycles. The van der Waals surface area contributed by atoms with Crippen LogP contribution in [0.15, 0.2) is 18.2 Å². The zero-order valence-corrected chi connectivity index (χ0v) is 12.8. The molecule has 0 spiro atoms. The highest BCUT2D eigenvalue weighted by Crippen LogP contribution is 2.17. The van der Waals surface area contributed by atoms with E-state index in [1.54, 1.807) is 0 Å². The average Bonchev–Trinajstić information content (AvgIpc) is 2.44. The fraction of sp³-hybridized carbons (Fsp3) is 0.500. The summed E-state index contributed by atoms with van der Waals surface area (Å²) in [6.07, 6.45) is 5.93. The van der Waals surface area contributed by atoms with Crippen LogP contribution in [0, 0.1) is 18.8 Å². The van der Waals surface area contributed by atoms with E-state index >= 15 is 0 Å². The van der Waals surface area contributed by atoms with Gasteiger partial charge >= 0.3 is 0 Å². The fourth-order valence-corrected chi connectivity index (χ4v) is 2.72. The third kappa shape index (κ3) is 4.34. The highest BCUT2D eigenvalue weighted by molar-refractivity contribution is 5.96. The van der Waals surface area contributed by atoms with Gasteiger partial charge in [0.05, 0.1) is 12.1 Å². The van der Waals surface area contributed by atoms with E-state index in [4.69, 9.17) is 5.73 Å². The standard InChI is InChI=1S/C18H24N2O/c1-15-9-10-17(16(14-15)8-7-11-19)18(21)20-12-5-3-2-4-6-13-20/h9-10,14H,2-6,11-13,19H2,1H3. The van der Waals surface area contributed by atoms with Crippen LogP contribution < -0.4 is 5.73 Å². The molecule has 2 N–H and O–H groups in total. The minimum Gasteiger partial charge on any atom is -0.339 e. The zero-order chi connectivity index (χ0) is 15.1. The molecule has 1 aliphatic rings. The first kappa shape index (κ1) is 15.6. The number of rotatable bonds is 1. The summed E-state index contributed by atoms with van der Waals surface area (Å²) in [5.74, 6) is 6.01. The lowest BCUT2D eigenvalue weighted by Gasteiger charge is -2.25. The van der Waals surface area contributed by atoms with E-state index in [0.29, 0.717) is 12.1 Å². The van der Waals surface area contributed by atoms with Crippen LogP contribution in [0.3, 0.4) is 0 Å². The second-order valence-electron chi connectivity index (χ2n) is 5.61. The summed E-state index contributed by atoms with van der Waals surface area (Å²) in [6.45, 7) is 4.04. The number of amides is 1. The smallest absolute Gasteiger partial charge is 0.255 e. The maximum absolute atomic E-state index is 12.8. The van der Waals surface area contributed by atoms with E-state index < -0.39 is 0 Å². The van der Waals surface area contributed by atoms with Crippen molar-refractivity contribution in [2.45, 2.75) is 39.0 Å². The summed E-state index contributed by atoms with van der Waals surface area (Å²) in [5, 5.41) is 0. The molecule has 1 heterocycles. The Morgan fingerprint density at radius 3 is 2.52 bits per heavy atom. The van der Waals surface area contributed by atoms with Crippen molar-refractivity contribution in [1.82, 2.24) is 4.90 Å². The Kier molecular flexibility index (Phi) is 5.83. The van der Waals surface area contributed by atoms with E-state index in [2.05, 4.69) is 11.8 Å². The molecule has 1 aromatic carbocycles. The molecule has 1 fully saturated rings. The van der Waals surface area contributed by atoms with Gasteiger partial charge in [-0.05, 0) is 37.5 Å². The second-order valence-corrected chi connectivity index (χ2v) is 5.61. The Morgan fingerprint density at radius 1 is 1.19 bits per heavy atom. The number of hydrogen-bond acceptors (Lipinski definition) is 2. The maximum Gasteiger partial charge on any atom is 0.255 e. The summed E-state index contributed by atoms with van der Waals surface area (Å²) in [7, 11) is 0. The summed E-state index contributed by atoms with van der Waals surface area (Å²) >= 11 is 0. The predicted octanol–water partition coefficient (Wildman–Crippen LogP) is 2.71. The van der Waals surface area contributed by atoms with Crippen molar-refractivity contribution < 1.29 is 4.79 Å². The van der Waals surface area contributed by atoms with Crippen molar-refractivity contribution in [2.75, 3.05) is 19.6 Å². The molecule has 0 aliphatic carbocycles. The normalized spacial score (nSPS) is 15.6. The summed E-state index contributed by atoms with van der Waals surface area (Å²) in [4.78, 5) is 14.8. The molecular formula is C18H24N2O. The van der Waals surface area contributed by atoms with E-state index in [1.165, 1.54) is 19.3 Å². The molecule has 0 radical (unpaired) electrons. The Balaban J connectivity index is 2.24. The van der Waals surface area contributed by atoms with Crippen LogP contribution in [0.25, 0.3) is 0 Å². The van der Waals surface area contributed by atoms with Gasteiger partial charge in [-0.15, -0.1) is 0 Å². The lowest BCUT2D eigenvalue weighted by atomic mass is 10.0. The van der Waals surface area contributed by atoms with Gasteiger partial charge < -0.3 is 10.6 Å². The second kappa shape index (κ2) is 7.85. The van der Waals surface area contributed by atoms with Crippen molar-refractivity contribution in [1.29, 1.82) is 0 Å². The predicted molar refractivity (Wildman–Crippen MR) is 86.1 cm³/mol. The number of nitrogens with two attached hydrogens (primary N) is 1. The van der Waals surface area contributed by atoms with Gasteiger partial charge in [0.15, 0.2) is 0 Å². The minimum absolute atomic E-state index is 0.109. The minimum atomic E-state index is 0.109. The van der Waals surface area contributed by atoms with Gasteiger partial charge in [0.25, 0.3) is 5.91 Å². The third-order valence-corrected chi connectivity index (χ3v) is 3.87. The van der Waals surface area contributed by atoms with Gasteiger partial charge in [-0.2, -0.15) is 0 Å². The Morgan fingerprint density at radius 2 is 1.86 bits per heavy atom. The van der Waals surface area contributed by atoms with Crippen LogP contribution in [-0.2, 0) is 0 Å². The molecule has 3 nitrogen and oxygen atoms in total. The van der Waals surface area contributed by atoms with Crippen molar-refractivity contribution in [3.8, 4) is 11.8 Å². The quantitative estimate of drug-likeness (QED) is 0.806. The first-order valence-corrected chi connectivity index (χ1v) is 7.81. The number of nitrogens with zero attached hydrogens (tertiary/aromatic N) is 1. The summed E-state index contributed by atoms with van der Waals surface area (Å²) in [6, 6.07) is 5.85. The van der Waals surface area contributed by atoms with Crippen molar-refractivity contribution in [3.05, 3.63) is 34.9 Å². The van der Waals surface area contributed by atoms with Crippen LogP contribution >= 0.6 is 0 Å². The van der Waals surface area contributed by atoms with Crippen LogP contribution in [0.2, 0.25) is 0 Å². The van der Waals surface area contributed by atoms with Crippen molar-refractivity contribution in [3.63, 3.8) is 0 Å². The third-order valence-electron chi connectivity index (χ3n) is 3.87. The summed E-state index contributed by atoms with van der Waals surface area (Å²) < 4.78 is 0. The van der Waals surface area contributed by atoms with E-state index in [9.17, 15) is 4.79 Å². The largest absolute Gasteiger partial charge is 0.339 e. The molecule has 112 valence electrons. The highest BCUT2D eigenvalue weighted by atomic mass is 16.2. The van der Waals surface area contributed by atoms with Crippen LogP contribution in [-0.4, -0.2) is 30.4 Å². The Hall–Kier alpha value is -1.79. The van der Waals surface area contributed by atoms with Gasteiger partial charge in [0, 0.05) is 18.7 Å². The van der Waals surface area contributed by atoms with Crippen LogP contribution in [0.1, 0.15) is 53.6 Å². The lowest BCUT2D eigenvalue weighted by molar-refractivity contribution is 0.0742. The fourth-order valence-electron chi connectivity index (χ4n) is 2.72. The van der Waals surface area contributed by atoms with Gasteiger partial charge in [-0.3, -0.25) is 4.79 Å². The molecule has 2 rings (SSSR count). The van der Waals surface area contributed by atoms with Gasteiger partial charge in [-0.1, -0.05) is 37.2 Å². The molecule has 0 bridgehead atoms. The molecule has 1 saturated heterocycles. The lowest BCUT2D eigenvalue weighted by Crippen LogP contribution is -2.34. The van der Waals surface area contributed by atoms with Crippen molar-refractivity contribution >= 4 is 5.91 Å². The zero-order valence-electron chi connectivity index (χ0n) is 12.8. The number of likely N-dealkylation sites (tertiary alicyclic amines) is 1. The van der Waals surface area contributed by atoms with Gasteiger partial charge in [-0.25, -0.2) is 0 Å². The number of benzene rings is 1. The van der Waals surface area contributed by atoms with Crippen LogP contribution in [0.5, 0.6) is 0 Å². The molecule has 0 aromatic heterocycles. The molecule has 1 aliphatic heterocycles. The van der Waals surface area contributed by atoms with E-state index in [-0.39, 0.29) is 5.91 Å². The molecule has 21 heavy (non-hydrogen) atoms. The number of aryl methyl sites for hydroxylation is 1. The van der Waals surface area contributed by atoms with Gasteiger partial charge in [0.2, 0.25) is 0 Å². The molecule has 3 heteroatoms. The molecule has 1 amide bonds. The van der Waals surface area contributed by atoms with E-state index in [1.807, 2.05) is 30.0 Å². The molecular weight excluding hydrogens is 260 g/mol. The average molecular weight is 284 g/mol. The Bertz CT molecular complexity index is 546. The first-order valence-electron chi connectivity index (χ1n) is 7.81. The number of hydrogen-bond donors (Lipinski definition) is 1. The van der Waals surface area contributed by atoms with Gasteiger partial charge in [0.1, 0.15) is 0 Å². The van der Waals surface area contributed by atoms with Crippen molar-refractivity contribution in [2.24, 2.45) is 5.73 Å². The van der Waals surface area contributed by atoms with Crippen LogP contribution in [0.4, 0.5) is 0 Å². The topological polar surface area (TPSA) is 46.3 Å². The SMILES string of the molecule is Cc1ccc(C(=O)N2CCCCCCC2)c(C#CCN)c1. The Labute approximate surface area is 127 Å². The first-order chi connectivity index (χ1) is 10.2. The summed E-state index contributed by atoms with van der Waals surface area (Å²) in [5.41, 5.74) is 8.07. The molecule has 0 unspecified atom stereocenters. The highest BCUT2D eigenvalue weighted by Gasteiger charge is 2.19.